The van der Waals surface area contributed by atoms with Crippen molar-refractivity contribution in [3.8, 4) is 0 Å². The Labute approximate surface area is 131 Å². The minimum Gasteiger partial charge on any atom is -0.444 e. The van der Waals surface area contributed by atoms with Gasteiger partial charge in [-0.3, -0.25) is 10.1 Å². The monoisotopic (exact) mass is 323 g/mol. The summed E-state index contributed by atoms with van der Waals surface area (Å²) < 4.78 is 5.06. The summed E-state index contributed by atoms with van der Waals surface area (Å²) in [6.45, 7) is 0.153. The molecule has 0 unspecified atom stereocenters. The molecule has 0 saturated heterocycles. The van der Waals surface area contributed by atoms with Gasteiger partial charge in [-0.05, 0) is 17.7 Å². The Morgan fingerprint density at radius 3 is 2.33 bits per heavy atom. The highest BCUT2D eigenvalue weighted by Crippen LogP contribution is 2.27. The number of amides is 1. The van der Waals surface area contributed by atoms with Crippen LogP contribution in [0.3, 0.4) is 0 Å². The molecule has 1 amide bonds. The quantitative estimate of drug-likeness (QED) is 0.839. The third-order valence-corrected chi connectivity index (χ3v) is 3.28. The molecule has 0 atom stereocenters. The van der Waals surface area contributed by atoms with Gasteiger partial charge in [-0.1, -0.05) is 53.5 Å². The predicted octanol–water partition coefficient (Wildman–Crippen LogP) is 4.55. The van der Waals surface area contributed by atoms with Gasteiger partial charge in [0.05, 0.1) is 15.6 Å². The van der Waals surface area contributed by atoms with Crippen molar-refractivity contribution in [3.05, 3.63) is 63.6 Å². The van der Waals surface area contributed by atoms with Crippen LogP contribution < -0.4 is 5.32 Å². The zero-order valence-corrected chi connectivity index (χ0v) is 12.3. The number of benzene rings is 2. The average Bonchev–Trinajstić information content (AvgIpc) is 2.46. The van der Waals surface area contributed by atoms with Crippen LogP contribution in [0.5, 0.6) is 0 Å². The van der Waals surface area contributed by atoms with Crippen molar-refractivity contribution in [1.29, 1.82) is 0 Å². The van der Waals surface area contributed by atoms with Gasteiger partial charge < -0.3 is 4.74 Å². The largest absolute Gasteiger partial charge is 0.444 e. The second kappa shape index (κ2) is 7.11. The van der Waals surface area contributed by atoms with E-state index in [4.69, 9.17) is 27.9 Å². The summed E-state index contributed by atoms with van der Waals surface area (Å²) in [5.41, 5.74) is 1.41. The maximum Gasteiger partial charge on any atom is 0.411 e. The van der Waals surface area contributed by atoms with Crippen LogP contribution in [0, 0.1) is 0 Å². The first-order valence-electron chi connectivity index (χ1n) is 6.02. The number of carbonyl (C=O) groups is 2. The molecule has 6 heteroatoms. The molecule has 0 aromatic heterocycles. The van der Waals surface area contributed by atoms with Gasteiger partial charge in [0.25, 0.3) is 0 Å². The molecule has 21 heavy (non-hydrogen) atoms. The number of hydrogen-bond donors (Lipinski definition) is 1. The van der Waals surface area contributed by atoms with Crippen molar-refractivity contribution < 1.29 is 14.3 Å². The lowest BCUT2D eigenvalue weighted by molar-refractivity contribution is 0.112. The van der Waals surface area contributed by atoms with E-state index in [9.17, 15) is 9.59 Å². The van der Waals surface area contributed by atoms with Gasteiger partial charge in [-0.25, -0.2) is 4.79 Å². The van der Waals surface area contributed by atoms with Gasteiger partial charge in [-0.2, -0.15) is 0 Å². The standard InChI is InChI=1S/C15H11Cl2NO3/c16-13-6-11(7-14(17)12(13)8-19)18-15(20)21-9-10-4-2-1-3-5-10/h1-8H,9H2,(H,18,20). The predicted molar refractivity (Wildman–Crippen MR) is 82.1 cm³/mol. The van der Waals surface area contributed by atoms with E-state index in [-0.39, 0.29) is 22.2 Å². The van der Waals surface area contributed by atoms with Gasteiger partial charge in [-0.15, -0.1) is 0 Å². The topological polar surface area (TPSA) is 55.4 Å². The summed E-state index contributed by atoms with van der Waals surface area (Å²) >= 11 is 11.8. The number of hydrogen-bond acceptors (Lipinski definition) is 3. The molecule has 1 N–H and O–H groups in total. The molecule has 0 heterocycles. The van der Waals surface area contributed by atoms with Crippen LogP contribution in [-0.2, 0) is 11.3 Å². The molecule has 0 radical (unpaired) electrons. The Kier molecular flexibility index (Phi) is 5.20. The Balaban J connectivity index is 1.98. The highest BCUT2D eigenvalue weighted by Gasteiger charge is 2.10. The smallest absolute Gasteiger partial charge is 0.411 e. The van der Waals surface area contributed by atoms with Crippen molar-refractivity contribution in [2.75, 3.05) is 5.32 Å². The molecular formula is C15H11Cl2NO3. The fourth-order valence-corrected chi connectivity index (χ4v) is 2.22. The molecule has 0 spiro atoms. The van der Waals surface area contributed by atoms with Crippen molar-refractivity contribution in [2.45, 2.75) is 6.61 Å². The van der Waals surface area contributed by atoms with E-state index in [0.717, 1.165) is 5.56 Å². The zero-order chi connectivity index (χ0) is 15.2. The van der Waals surface area contributed by atoms with Crippen molar-refractivity contribution in [3.63, 3.8) is 0 Å². The maximum atomic E-state index is 11.7. The lowest BCUT2D eigenvalue weighted by Crippen LogP contribution is -2.13. The van der Waals surface area contributed by atoms with E-state index >= 15 is 0 Å². The minimum atomic E-state index is -0.634. The lowest BCUT2D eigenvalue weighted by Gasteiger charge is -2.09. The van der Waals surface area contributed by atoms with Gasteiger partial charge in [0, 0.05) is 5.69 Å². The van der Waals surface area contributed by atoms with E-state index in [1.54, 1.807) is 0 Å². The summed E-state index contributed by atoms with van der Waals surface area (Å²) in [5.74, 6) is 0. The Morgan fingerprint density at radius 1 is 1.14 bits per heavy atom. The van der Waals surface area contributed by atoms with Crippen LogP contribution >= 0.6 is 23.2 Å². The molecule has 4 nitrogen and oxygen atoms in total. The molecule has 0 fully saturated rings. The molecule has 0 aliphatic carbocycles. The zero-order valence-electron chi connectivity index (χ0n) is 10.8. The van der Waals surface area contributed by atoms with Crippen LogP contribution in [0.25, 0.3) is 0 Å². The molecule has 108 valence electrons. The first-order chi connectivity index (χ1) is 10.1. The first-order valence-corrected chi connectivity index (χ1v) is 6.77. The summed E-state index contributed by atoms with van der Waals surface area (Å²) in [4.78, 5) is 22.4. The Morgan fingerprint density at radius 2 is 1.76 bits per heavy atom. The lowest BCUT2D eigenvalue weighted by atomic mass is 10.2. The van der Waals surface area contributed by atoms with Crippen LogP contribution in [0.4, 0.5) is 10.5 Å². The number of aldehydes is 1. The number of ether oxygens (including phenoxy) is 1. The first kappa shape index (κ1) is 15.4. The van der Waals surface area contributed by atoms with Crippen LogP contribution in [0.2, 0.25) is 10.0 Å². The third-order valence-electron chi connectivity index (χ3n) is 2.66. The molecular weight excluding hydrogens is 313 g/mol. The van der Waals surface area contributed by atoms with Crippen LogP contribution in [0.1, 0.15) is 15.9 Å². The number of halogens is 2. The molecule has 2 rings (SSSR count). The summed E-state index contributed by atoms with van der Waals surface area (Å²) in [6.07, 6.45) is -0.0767. The molecule has 2 aromatic carbocycles. The van der Waals surface area contributed by atoms with Crippen LogP contribution in [-0.4, -0.2) is 12.4 Å². The van der Waals surface area contributed by atoms with Crippen molar-refractivity contribution in [2.24, 2.45) is 0 Å². The van der Waals surface area contributed by atoms with E-state index < -0.39 is 6.09 Å². The fraction of sp³-hybridized carbons (Fsp3) is 0.0667. The summed E-state index contributed by atoms with van der Waals surface area (Å²) in [7, 11) is 0. The number of anilines is 1. The Bertz CT molecular complexity index is 636. The normalized spacial score (nSPS) is 10.0. The van der Waals surface area contributed by atoms with E-state index in [0.29, 0.717) is 12.0 Å². The number of rotatable bonds is 4. The van der Waals surface area contributed by atoms with Gasteiger partial charge in [0.15, 0.2) is 6.29 Å². The van der Waals surface area contributed by atoms with E-state index in [1.807, 2.05) is 30.3 Å². The van der Waals surface area contributed by atoms with E-state index in [1.165, 1.54) is 12.1 Å². The number of carbonyl (C=O) groups excluding carboxylic acids is 2. The highest BCUT2D eigenvalue weighted by atomic mass is 35.5. The molecule has 0 aliphatic rings. The summed E-state index contributed by atoms with van der Waals surface area (Å²) in [5, 5.41) is 2.82. The second-order valence-corrected chi connectivity index (χ2v) is 4.97. The van der Waals surface area contributed by atoms with Crippen molar-refractivity contribution in [1.82, 2.24) is 0 Å². The van der Waals surface area contributed by atoms with Gasteiger partial charge in [0.1, 0.15) is 6.61 Å². The molecule has 0 bridgehead atoms. The Hall–Kier alpha value is -2.04. The van der Waals surface area contributed by atoms with Crippen LogP contribution in [0.15, 0.2) is 42.5 Å². The molecule has 0 aliphatic heterocycles. The van der Waals surface area contributed by atoms with E-state index in [2.05, 4.69) is 5.32 Å². The molecule has 0 saturated carbocycles. The summed E-state index contributed by atoms with van der Waals surface area (Å²) in [6, 6.07) is 12.1. The minimum absolute atomic E-state index is 0.153. The second-order valence-electron chi connectivity index (χ2n) is 4.16. The number of nitrogens with one attached hydrogen (secondary N) is 1. The SMILES string of the molecule is O=Cc1c(Cl)cc(NC(=O)OCc2ccccc2)cc1Cl. The highest BCUT2D eigenvalue weighted by molar-refractivity contribution is 6.39. The van der Waals surface area contributed by atoms with Gasteiger partial charge >= 0.3 is 6.09 Å². The molecule has 2 aromatic rings. The maximum absolute atomic E-state index is 11.7. The fourth-order valence-electron chi connectivity index (χ4n) is 1.65. The van der Waals surface area contributed by atoms with Crippen molar-refractivity contribution >= 4 is 41.3 Å². The van der Waals surface area contributed by atoms with Gasteiger partial charge in [0.2, 0.25) is 0 Å². The third kappa shape index (κ3) is 4.21. The average molecular weight is 324 g/mol.